The number of nitrogens with zero attached hydrogens (tertiary/aromatic N) is 4. The molecule has 35 heavy (non-hydrogen) atoms. The highest BCUT2D eigenvalue weighted by Gasteiger charge is 2.21. The summed E-state index contributed by atoms with van der Waals surface area (Å²) in [6.45, 7) is 7.67. The van der Waals surface area contributed by atoms with E-state index in [-0.39, 0.29) is 17.1 Å². The summed E-state index contributed by atoms with van der Waals surface area (Å²) in [6.07, 6.45) is 0. The summed E-state index contributed by atoms with van der Waals surface area (Å²) < 4.78 is 6.76. The topological polar surface area (TPSA) is 115 Å². The van der Waals surface area contributed by atoms with Gasteiger partial charge in [0.05, 0.1) is 5.69 Å². The molecule has 0 spiro atoms. The maximum absolute atomic E-state index is 12.7. The van der Waals surface area contributed by atoms with Gasteiger partial charge in [-0.1, -0.05) is 49.1 Å². The quantitative estimate of drug-likeness (QED) is 0.355. The van der Waals surface area contributed by atoms with Gasteiger partial charge in [-0.3, -0.25) is 9.59 Å². The molecule has 0 saturated carbocycles. The van der Waals surface area contributed by atoms with Gasteiger partial charge in [0.1, 0.15) is 11.6 Å². The SMILES string of the molecule is Cc1nc(C(=O)Nc2ccc(C(=O)Nc3cc(C(C)(C)C)on3)cc2)nn1-c1cc(Cl)cc(Cl)c1. The van der Waals surface area contributed by atoms with Gasteiger partial charge in [0.15, 0.2) is 5.82 Å². The standard InChI is InChI=1S/C24H22Cl2N6O3/c1-13-27-21(30-32(13)18-10-15(25)9-16(26)11-18)23(34)28-17-7-5-14(6-8-17)22(33)29-20-12-19(35-31-20)24(2,3)4/h5-12H,1-4H3,(H,28,34)(H,29,31,33). The summed E-state index contributed by atoms with van der Waals surface area (Å²) in [5.74, 6) is 0.595. The number of hydrogen-bond donors (Lipinski definition) is 2. The molecule has 180 valence electrons. The summed E-state index contributed by atoms with van der Waals surface area (Å²) in [6, 6.07) is 13.0. The van der Waals surface area contributed by atoms with Crippen LogP contribution in [0.25, 0.3) is 5.69 Å². The molecule has 0 aliphatic carbocycles. The summed E-state index contributed by atoms with van der Waals surface area (Å²) in [5.41, 5.74) is 1.23. The fraction of sp³-hybridized carbons (Fsp3) is 0.208. The summed E-state index contributed by atoms with van der Waals surface area (Å²) in [5, 5.41) is 14.4. The third-order valence-corrected chi connectivity index (χ3v) is 5.40. The fourth-order valence-electron chi connectivity index (χ4n) is 3.16. The van der Waals surface area contributed by atoms with Crippen molar-refractivity contribution in [1.29, 1.82) is 0 Å². The highest BCUT2D eigenvalue weighted by atomic mass is 35.5. The Hall–Kier alpha value is -3.69. The van der Waals surface area contributed by atoms with Crippen LogP contribution in [0.4, 0.5) is 11.5 Å². The number of carbonyl (C=O) groups is 2. The van der Waals surface area contributed by atoms with E-state index in [9.17, 15) is 9.59 Å². The number of rotatable bonds is 5. The fourth-order valence-corrected chi connectivity index (χ4v) is 3.67. The van der Waals surface area contributed by atoms with Crippen LogP contribution in [-0.4, -0.2) is 31.7 Å². The van der Waals surface area contributed by atoms with Gasteiger partial charge in [-0.25, -0.2) is 9.67 Å². The molecule has 0 fully saturated rings. The molecule has 2 heterocycles. The number of hydrogen-bond acceptors (Lipinski definition) is 6. The molecule has 2 amide bonds. The van der Waals surface area contributed by atoms with E-state index in [1.54, 1.807) is 55.5 Å². The Morgan fingerprint density at radius 3 is 2.20 bits per heavy atom. The monoisotopic (exact) mass is 512 g/mol. The molecule has 9 nitrogen and oxygen atoms in total. The molecule has 0 radical (unpaired) electrons. The first-order valence-electron chi connectivity index (χ1n) is 10.6. The van der Waals surface area contributed by atoms with Crippen molar-refractivity contribution in [2.45, 2.75) is 33.1 Å². The average molecular weight is 513 g/mol. The predicted molar refractivity (Wildman–Crippen MR) is 134 cm³/mol. The molecule has 2 aromatic heterocycles. The minimum Gasteiger partial charge on any atom is -0.359 e. The zero-order valence-corrected chi connectivity index (χ0v) is 20.9. The van der Waals surface area contributed by atoms with Gasteiger partial charge in [-0.2, -0.15) is 0 Å². The number of amides is 2. The first kappa shape index (κ1) is 24.4. The molecule has 0 bridgehead atoms. The highest BCUT2D eigenvalue weighted by molar-refractivity contribution is 6.34. The lowest BCUT2D eigenvalue weighted by molar-refractivity contribution is 0.101. The van der Waals surface area contributed by atoms with Gasteiger partial charge in [0.25, 0.3) is 11.8 Å². The Labute approximate surface area is 211 Å². The van der Waals surface area contributed by atoms with Gasteiger partial charge < -0.3 is 15.2 Å². The molecule has 4 aromatic rings. The Kier molecular flexibility index (Phi) is 6.64. The minimum atomic E-state index is -0.505. The lowest BCUT2D eigenvalue weighted by atomic mass is 9.93. The van der Waals surface area contributed by atoms with Gasteiger partial charge in [0.2, 0.25) is 5.82 Å². The van der Waals surface area contributed by atoms with Crippen molar-refractivity contribution in [3.8, 4) is 5.69 Å². The molecular formula is C24H22Cl2N6O3. The van der Waals surface area contributed by atoms with Gasteiger partial charge in [-0.15, -0.1) is 5.10 Å². The number of nitrogens with one attached hydrogen (secondary N) is 2. The van der Waals surface area contributed by atoms with Crippen molar-refractivity contribution >= 4 is 46.5 Å². The van der Waals surface area contributed by atoms with Crippen LogP contribution < -0.4 is 10.6 Å². The molecule has 11 heteroatoms. The van der Waals surface area contributed by atoms with Crippen LogP contribution >= 0.6 is 23.2 Å². The lowest BCUT2D eigenvalue weighted by Gasteiger charge is -2.12. The molecule has 0 unspecified atom stereocenters. The van der Waals surface area contributed by atoms with Crippen LogP contribution in [0, 0.1) is 6.92 Å². The first-order chi connectivity index (χ1) is 16.5. The smallest absolute Gasteiger partial charge is 0.295 e. The molecular weight excluding hydrogens is 491 g/mol. The van der Waals surface area contributed by atoms with Crippen molar-refractivity contribution in [1.82, 2.24) is 19.9 Å². The number of aromatic nitrogens is 4. The van der Waals surface area contributed by atoms with Crippen molar-refractivity contribution in [3.63, 3.8) is 0 Å². The Morgan fingerprint density at radius 1 is 0.943 bits per heavy atom. The maximum Gasteiger partial charge on any atom is 0.295 e. The molecule has 0 atom stereocenters. The van der Waals surface area contributed by atoms with E-state index in [0.29, 0.717) is 44.4 Å². The van der Waals surface area contributed by atoms with E-state index in [2.05, 4.69) is 25.9 Å². The van der Waals surface area contributed by atoms with Crippen LogP contribution in [0.1, 0.15) is 53.3 Å². The molecule has 0 aliphatic heterocycles. The molecule has 0 aliphatic rings. The van der Waals surface area contributed by atoms with Crippen molar-refractivity contribution in [2.75, 3.05) is 10.6 Å². The van der Waals surface area contributed by atoms with Crippen molar-refractivity contribution in [3.05, 3.63) is 81.5 Å². The van der Waals surface area contributed by atoms with Crippen molar-refractivity contribution in [2.24, 2.45) is 0 Å². The third kappa shape index (κ3) is 5.70. The van der Waals surface area contributed by atoms with Gasteiger partial charge >= 0.3 is 0 Å². The second kappa shape index (κ2) is 9.52. The Bertz CT molecular complexity index is 1380. The second-order valence-electron chi connectivity index (χ2n) is 8.83. The van der Waals surface area contributed by atoms with E-state index >= 15 is 0 Å². The Morgan fingerprint density at radius 2 is 1.60 bits per heavy atom. The third-order valence-electron chi connectivity index (χ3n) is 4.96. The van der Waals surface area contributed by atoms with Gasteiger partial charge in [-0.05, 0) is 49.4 Å². The van der Waals surface area contributed by atoms with E-state index in [4.69, 9.17) is 27.7 Å². The van der Waals surface area contributed by atoms with Crippen LogP contribution in [0.5, 0.6) is 0 Å². The van der Waals surface area contributed by atoms with Gasteiger partial charge in [0, 0.05) is 32.8 Å². The van der Waals surface area contributed by atoms with Crippen LogP contribution in [0.2, 0.25) is 10.0 Å². The molecule has 2 N–H and O–H groups in total. The van der Waals surface area contributed by atoms with E-state index < -0.39 is 5.91 Å². The van der Waals surface area contributed by atoms with E-state index in [0.717, 1.165) is 0 Å². The van der Waals surface area contributed by atoms with E-state index in [1.165, 1.54) is 4.68 Å². The summed E-state index contributed by atoms with van der Waals surface area (Å²) >= 11 is 12.1. The van der Waals surface area contributed by atoms with Crippen LogP contribution in [0.3, 0.4) is 0 Å². The number of carbonyl (C=O) groups excluding carboxylic acids is 2. The average Bonchev–Trinajstić information content (AvgIpc) is 3.40. The second-order valence-corrected chi connectivity index (χ2v) is 9.71. The van der Waals surface area contributed by atoms with Crippen LogP contribution in [-0.2, 0) is 5.41 Å². The van der Waals surface area contributed by atoms with Crippen LogP contribution in [0.15, 0.2) is 53.1 Å². The number of benzene rings is 2. The normalized spacial score (nSPS) is 11.4. The molecule has 2 aromatic carbocycles. The largest absolute Gasteiger partial charge is 0.359 e. The minimum absolute atomic E-state index is 0.0268. The number of anilines is 2. The lowest BCUT2D eigenvalue weighted by Crippen LogP contribution is -2.15. The summed E-state index contributed by atoms with van der Waals surface area (Å²) in [7, 11) is 0. The molecule has 0 saturated heterocycles. The zero-order chi connectivity index (χ0) is 25.3. The van der Waals surface area contributed by atoms with E-state index in [1.807, 2.05) is 20.8 Å². The summed E-state index contributed by atoms with van der Waals surface area (Å²) in [4.78, 5) is 29.4. The predicted octanol–water partition coefficient (Wildman–Crippen LogP) is 5.67. The molecule has 4 rings (SSSR count). The van der Waals surface area contributed by atoms with Crippen molar-refractivity contribution < 1.29 is 14.1 Å². The first-order valence-corrected chi connectivity index (χ1v) is 11.4. The Balaban J connectivity index is 1.43. The maximum atomic E-state index is 12.7. The number of halogens is 2. The number of aryl methyl sites for hydroxylation is 1. The highest BCUT2D eigenvalue weighted by Crippen LogP contribution is 2.25. The zero-order valence-electron chi connectivity index (χ0n) is 19.4.